The molecule has 0 amide bonds. The minimum absolute atomic E-state index is 0.0191. The number of likely N-dealkylation sites (N-methyl/N-ethyl adjacent to an activating group) is 1. The zero-order valence-corrected chi connectivity index (χ0v) is 12.0. The molecule has 4 heteroatoms. The molecule has 1 unspecified atom stereocenters. The third-order valence-electron chi connectivity index (χ3n) is 3.87. The first-order valence-corrected chi connectivity index (χ1v) is 7.36. The van der Waals surface area contributed by atoms with Gasteiger partial charge in [0.25, 0.3) is 0 Å². The van der Waals surface area contributed by atoms with Crippen LogP contribution in [-0.2, 0) is 11.2 Å². The largest absolute Gasteiger partial charge is 0.377 e. The maximum atomic E-state index is 5.98. The minimum atomic E-state index is 0.0191. The third-order valence-corrected chi connectivity index (χ3v) is 5.13. The van der Waals surface area contributed by atoms with Gasteiger partial charge in [-0.15, -0.1) is 11.3 Å². The summed E-state index contributed by atoms with van der Waals surface area (Å²) in [6, 6.07) is 4.47. The molecular weight excluding hydrogens is 254 g/mol. The van der Waals surface area contributed by atoms with E-state index >= 15 is 0 Å². The van der Waals surface area contributed by atoms with Crippen LogP contribution in [0.4, 0.5) is 0 Å². The number of nitrogens with one attached hydrogen (secondary N) is 1. The van der Waals surface area contributed by atoms with Crippen molar-refractivity contribution in [2.75, 3.05) is 14.2 Å². The first-order valence-electron chi connectivity index (χ1n) is 6.17. The van der Waals surface area contributed by atoms with E-state index in [1.807, 2.05) is 20.2 Å². The van der Waals surface area contributed by atoms with Gasteiger partial charge in [-0.1, -0.05) is 24.4 Å². The molecule has 1 N–H and O–H groups in total. The van der Waals surface area contributed by atoms with Gasteiger partial charge in [-0.2, -0.15) is 0 Å². The summed E-state index contributed by atoms with van der Waals surface area (Å²) >= 11 is 7.65. The van der Waals surface area contributed by atoms with Crippen LogP contribution in [-0.4, -0.2) is 25.8 Å². The van der Waals surface area contributed by atoms with E-state index in [1.54, 1.807) is 11.3 Å². The molecule has 1 fully saturated rings. The molecule has 1 aliphatic carbocycles. The average molecular weight is 274 g/mol. The number of hydrogen-bond acceptors (Lipinski definition) is 3. The van der Waals surface area contributed by atoms with E-state index in [2.05, 4.69) is 11.4 Å². The Labute approximate surface area is 112 Å². The van der Waals surface area contributed by atoms with Gasteiger partial charge in [-0.25, -0.2) is 0 Å². The number of halogens is 1. The molecule has 0 saturated heterocycles. The second kappa shape index (κ2) is 5.70. The molecule has 0 aliphatic heterocycles. The Bertz CT molecular complexity index is 360. The highest BCUT2D eigenvalue weighted by Crippen LogP contribution is 2.37. The predicted molar refractivity (Wildman–Crippen MR) is 74.1 cm³/mol. The van der Waals surface area contributed by atoms with E-state index in [1.165, 1.54) is 17.7 Å². The van der Waals surface area contributed by atoms with Crippen molar-refractivity contribution >= 4 is 22.9 Å². The summed E-state index contributed by atoms with van der Waals surface area (Å²) in [4.78, 5) is 1.33. The van der Waals surface area contributed by atoms with Crippen molar-refractivity contribution in [3.63, 3.8) is 0 Å². The molecule has 2 rings (SSSR count). The quantitative estimate of drug-likeness (QED) is 0.887. The summed E-state index contributed by atoms with van der Waals surface area (Å²) < 4.78 is 6.71. The van der Waals surface area contributed by atoms with Gasteiger partial charge in [0.05, 0.1) is 9.94 Å². The van der Waals surface area contributed by atoms with Crippen LogP contribution >= 0.6 is 22.9 Å². The molecule has 1 aromatic heterocycles. The van der Waals surface area contributed by atoms with Crippen molar-refractivity contribution in [1.82, 2.24) is 5.32 Å². The highest BCUT2D eigenvalue weighted by molar-refractivity contribution is 7.16. The monoisotopic (exact) mass is 273 g/mol. The summed E-state index contributed by atoms with van der Waals surface area (Å²) in [5, 5.41) is 3.43. The fourth-order valence-corrected chi connectivity index (χ4v) is 4.01. The first-order chi connectivity index (χ1) is 8.20. The molecule has 0 aromatic carbocycles. The molecule has 0 spiro atoms. The second-order valence-corrected chi connectivity index (χ2v) is 6.53. The van der Waals surface area contributed by atoms with Crippen LogP contribution in [0.25, 0.3) is 0 Å². The maximum Gasteiger partial charge on any atom is 0.0931 e. The van der Waals surface area contributed by atoms with E-state index in [0.29, 0.717) is 6.04 Å². The van der Waals surface area contributed by atoms with Crippen molar-refractivity contribution in [2.24, 2.45) is 0 Å². The Morgan fingerprint density at radius 1 is 1.47 bits per heavy atom. The summed E-state index contributed by atoms with van der Waals surface area (Å²) in [6.45, 7) is 0. The van der Waals surface area contributed by atoms with E-state index in [0.717, 1.165) is 23.6 Å². The Kier molecular flexibility index (Phi) is 4.47. The maximum absolute atomic E-state index is 5.98. The average Bonchev–Trinajstić information content (AvgIpc) is 2.95. The summed E-state index contributed by atoms with van der Waals surface area (Å²) in [6.07, 6.45) is 5.87. The highest BCUT2D eigenvalue weighted by atomic mass is 35.5. The van der Waals surface area contributed by atoms with Gasteiger partial charge in [0.15, 0.2) is 0 Å². The van der Waals surface area contributed by atoms with E-state index in [4.69, 9.17) is 16.3 Å². The molecule has 1 saturated carbocycles. The standard InChI is InChI=1S/C13H20ClNOS/c1-15-11(9-10-5-6-12(14)17-10)13(16-2)7-3-4-8-13/h5-6,11,15H,3-4,7-9H2,1-2H3. The number of hydrogen-bond donors (Lipinski definition) is 1. The fourth-order valence-electron chi connectivity index (χ4n) is 2.88. The summed E-state index contributed by atoms with van der Waals surface area (Å²) in [5.74, 6) is 0. The second-order valence-electron chi connectivity index (χ2n) is 4.73. The highest BCUT2D eigenvalue weighted by Gasteiger charge is 2.40. The summed E-state index contributed by atoms with van der Waals surface area (Å²) in [5.41, 5.74) is 0.0191. The van der Waals surface area contributed by atoms with Gasteiger partial charge in [0.2, 0.25) is 0 Å². The number of thiophene rings is 1. The first kappa shape index (κ1) is 13.3. The molecule has 1 heterocycles. The third kappa shape index (κ3) is 2.84. The van der Waals surface area contributed by atoms with Crippen molar-refractivity contribution in [2.45, 2.75) is 43.7 Å². The van der Waals surface area contributed by atoms with Crippen LogP contribution in [0.15, 0.2) is 12.1 Å². The molecule has 96 valence electrons. The lowest BCUT2D eigenvalue weighted by molar-refractivity contribution is -0.0334. The Hall–Kier alpha value is -0.0900. The van der Waals surface area contributed by atoms with Gasteiger partial charge in [0.1, 0.15) is 0 Å². The lowest BCUT2D eigenvalue weighted by Gasteiger charge is -2.36. The van der Waals surface area contributed by atoms with Gasteiger partial charge < -0.3 is 10.1 Å². The van der Waals surface area contributed by atoms with Crippen LogP contribution in [0.3, 0.4) is 0 Å². The zero-order valence-electron chi connectivity index (χ0n) is 10.5. The smallest absolute Gasteiger partial charge is 0.0931 e. The number of rotatable bonds is 5. The van der Waals surface area contributed by atoms with Crippen LogP contribution < -0.4 is 5.32 Å². The minimum Gasteiger partial charge on any atom is -0.377 e. The van der Waals surface area contributed by atoms with E-state index in [9.17, 15) is 0 Å². The van der Waals surface area contributed by atoms with Crippen LogP contribution in [0.1, 0.15) is 30.6 Å². The molecule has 1 aliphatic rings. The van der Waals surface area contributed by atoms with E-state index in [-0.39, 0.29) is 5.60 Å². The van der Waals surface area contributed by atoms with Crippen LogP contribution in [0, 0.1) is 0 Å². The zero-order chi connectivity index (χ0) is 12.3. The summed E-state index contributed by atoms with van der Waals surface area (Å²) in [7, 11) is 3.87. The number of methoxy groups -OCH3 is 1. The Morgan fingerprint density at radius 3 is 2.65 bits per heavy atom. The van der Waals surface area contributed by atoms with Crippen molar-refractivity contribution in [3.05, 3.63) is 21.3 Å². The molecule has 1 atom stereocenters. The van der Waals surface area contributed by atoms with Gasteiger partial charge in [-0.3, -0.25) is 0 Å². The Morgan fingerprint density at radius 2 is 2.18 bits per heavy atom. The molecule has 17 heavy (non-hydrogen) atoms. The predicted octanol–water partition coefficient (Wildman–Crippen LogP) is 3.49. The van der Waals surface area contributed by atoms with E-state index < -0.39 is 0 Å². The lowest BCUT2D eigenvalue weighted by atomic mass is 9.89. The Balaban J connectivity index is 2.10. The molecule has 0 bridgehead atoms. The van der Waals surface area contributed by atoms with Crippen molar-refractivity contribution in [3.8, 4) is 0 Å². The van der Waals surface area contributed by atoms with Gasteiger partial charge in [-0.05, 0) is 38.4 Å². The van der Waals surface area contributed by atoms with Crippen LogP contribution in [0.5, 0.6) is 0 Å². The molecule has 2 nitrogen and oxygen atoms in total. The van der Waals surface area contributed by atoms with Gasteiger partial charge in [0, 0.05) is 18.0 Å². The van der Waals surface area contributed by atoms with Crippen molar-refractivity contribution < 1.29 is 4.74 Å². The molecule has 1 aromatic rings. The van der Waals surface area contributed by atoms with Crippen LogP contribution in [0.2, 0.25) is 4.34 Å². The van der Waals surface area contributed by atoms with Crippen molar-refractivity contribution in [1.29, 1.82) is 0 Å². The van der Waals surface area contributed by atoms with Gasteiger partial charge >= 0.3 is 0 Å². The normalized spacial score (nSPS) is 20.6. The molecular formula is C13H20ClNOS. The topological polar surface area (TPSA) is 21.3 Å². The SMILES string of the molecule is CNC(Cc1ccc(Cl)s1)C1(OC)CCCC1. The fraction of sp³-hybridized carbons (Fsp3) is 0.692. The lowest BCUT2D eigenvalue weighted by Crippen LogP contribution is -2.50. The number of ether oxygens (including phenoxy) is 1. The molecule has 0 radical (unpaired) electrons.